The lowest BCUT2D eigenvalue weighted by molar-refractivity contribution is -0.114. The summed E-state index contributed by atoms with van der Waals surface area (Å²) < 4.78 is 58.6. The molecular weight excluding hydrogens is 470 g/mol. The van der Waals surface area contributed by atoms with Gasteiger partial charge in [-0.15, -0.1) is 11.8 Å². The molecule has 2 aromatic carbocycles. The maximum Gasteiger partial charge on any atom is 0.430 e. The number of amides is 1. The van der Waals surface area contributed by atoms with E-state index < -0.39 is 23.6 Å². The maximum absolute atomic E-state index is 13.8. The number of nitrogens with one attached hydrogen (secondary N) is 1. The highest BCUT2D eigenvalue weighted by atomic mass is 32.2. The Morgan fingerprint density at radius 2 is 1.79 bits per heavy atom. The number of halogens is 4. The number of hydrogen-bond acceptors (Lipinski definition) is 5. The van der Waals surface area contributed by atoms with Gasteiger partial charge in [0.1, 0.15) is 23.4 Å². The van der Waals surface area contributed by atoms with Crippen LogP contribution in [0.25, 0.3) is 5.70 Å². The Morgan fingerprint density at radius 3 is 2.38 bits per heavy atom. The van der Waals surface area contributed by atoms with Crippen LogP contribution in [0.5, 0.6) is 5.75 Å². The summed E-state index contributed by atoms with van der Waals surface area (Å²) in [6.45, 7) is 7.06. The number of carbonyl (C=O) groups excluding carboxylic acids is 1. The number of rotatable bonds is 7. The van der Waals surface area contributed by atoms with Gasteiger partial charge in [-0.05, 0) is 42.7 Å². The Hall–Kier alpha value is -3.14. The van der Waals surface area contributed by atoms with Gasteiger partial charge in [0.2, 0.25) is 0 Å². The summed E-state index contributed by atoms with van der Waals surface area (Å²) in [5.41, 5.74) is 5.80. The number of piperidine rings is 1. The van der Waals surface area contributed by atoms with Crippen LogP contribution in [0.1, 0.15) is 28.8 Å². The number of alkyl halides is 3. The van der Waals surface area contributed by atoms with Gasteiger partial charge in [0.05, 0.1) is 11.3 Å². The first-order chi connectivity index (χ1) is 16.0. The minimum absolute atomic E-state index is 0.137. The lowest BCUT2D eigenvalue weighted by atomic mass is 10.1. The van der Waals surface area contributed by atoms with Crippen LogP contribution in [0.15, 0.2) is 60.1 Å². The molecule has 0 atom stereocenters. The minimum Gasteiger partial charge on any atom is -0.489 e. The summed E-state index contributed by atoms with van der Waals surface area (Å²) in [5.74, 6) is -0.803. The van der Waals surface area contributed by atoms with Gasteiger partial charge in [-0.1, -0.05) is 13.2 Å². The summed E-state index contributed by atoms with van der Waals surface area (Å²) in [5, 5.41) is 2.65. The van der Waals surface area contributed by atoms with Crippen molar-refractivity contribution in [1.82, 2.24) is 4.90 Å². The zero-order valence-corrected chi connectivity index (χ0v) is 19.4. The molecule has 2 aromatic rings. The van der Waals surface area contributed by atoms with Crippen molar-refractivity contribution in [3.05, 3.63) is 72.2 Å². The highest BCUT2D eigenvalue weighted by Gasteiger charge is 2.37. The normalized spacial score (nSPS) is 14.6. The molecule has 0 aliphatic carbocycles. The molecule has 1 fully saturated rings. The van der Waals surface area contributed by atoms with E-state index in [9.17, 15) is 22.4 Å². The maximum atomic E-state index is 13.8. The number of likely N-dealkylation sites (tertiary alicyclic amines) is 1. The van der Waals surface area contributed by atoms with Crippen LogP contribution in [0.3, 0.4) is 0 Å². The van der Waals surface area contributed by atoms with Gasteiger partial charge in [-0.3, -0.25) is 4.79 Å². The lowest BCUT2D eigenvalue weighted by Crippen LogP contribution is -2.41. The molecule has 5 nitrogen and oxygen atoms in total. The first-order valence-corrected chi connectivity index (χ1v) is 11.6. The van der Waals surface area contributed by atoms with Gasteiger partial charge in [-0.2, -0.15) is 13.2 Å². The predicted octanol–water partition coefficient (Wildman–Crippen LogP) is 5.65. The van der Waals surface area contributed by atoms with Crippen molar-refractivity contribution in [2.45, 2.75) is 30.0 Å². The average molecular weight is 496 g/mol. The van der Waals surface area contributed by atoms with Gasteiger partial charge in [0.25, 0.3) is 5.91 Å². The molecule has 0 bridgehead atoms. The molecule has 0 unspecified atom stereocenters. The van der Waals surface area contributed by atoms with Crippen molar-refractivity contribution in [1.29, 1.82) is 0 Å². The van der Waals surface area contributed by atoms with Crippen LogP contribution >= 0.6 is 11.8 Å². The average Bonchev–Trinajstić information content (AvgIpc) is 2.78. The van der Waals surface area contributed by atoms with E-state index in [1.54, 1.807) is 18.2 Å². The Balaban J connectivity index is 1.79. The molecule has 0 radical (unpaired) electrons. The Labute approximate surface area is 199 Å². The number of carbonyl (C=O) groups is 1. The van der Waals surface area contributed by atoms with E-state index in [1.807, 2.05) is 6.26 Å². The summed E-state index contributed by atoms with van der Waals surface area (Å²) >= 11 is 1.45. The number of ether oxygens (including phenoxy) is 1. The Bertz CT molecular complexity index is 1100. The van der Waals surface area contributed by atoms with Crippen LogP contribution in [-0.4, -0.2) is 42.4 Å². The number of allylic oxidation sites excluding steroid dienone is 1. The fraction of sp³-hybridized carbons (Fsp3) is 0.292. The SMILES string of the molecule is C=C(N)c1ccc(F)cc1NC(=O)c1ccc(SC)cc1OC1CCN(C(=C)C(F)(F)F)CC1. The highest BCUT2D eigenvalue weighted by Crippen LogP contribution is 2.32. The van der Waals surface area contributed by atoms with Crippen molar-refractivity contribution in [2.24, 2.45) is 5.73 Å². The molecule has 3 rings (SSSR count). The smallest absolute Gasteiger partial charge is 0.430 e. The standard InChI is InChI=1S/C24H25F4N3O2S/c1-14(29)19-6-4-16(25)12-21(19)30-23(32)20-7-5-18(34-3)13-22(20)33-17-8-10-31(11-9-17)15(2)24(26,27)28/h4-7,12-13,17H,1-2,8-11,29H2,3H3,(H,30,32). The Kier molecular flexibility index (Phi) is 7.81. The number of hydrogen-bond donors (Lipinski definition) is 2. The van der Waals surface area contributed by atoms with Crippen molar-refractivity contribution < 1.29 is 27.1 Å². The molecule has 1 aliphatic heterocycles. The monoisotopic (exact) mass is 495 g/mol. The van der Waals surface area contributed by atoms with Gasteiger partial charge in [-0.25, -0.2) is 4.39 Å². The molecule has 1 amide bonds. The zero-order chi connectivity index (χ0) is 25.0. The van der Waals surface area contributed by atoms with Crippen molar-refractivity contribution in [3.8, 4) is 5.75 Å². The van der Waals surface area contributed by atoms with E-state index in [-0.39, 0.29) is 36.1 Å². The molecule has 3 N–H and O–H groups in total. The summed E-state index contributed by atoms with van der Waals surface area (Å²) in [6, 6.07) is 8.82. The van der Waals surface area contributed by atoms with E-state index in [0.717, 1.165) is 11.0 Å². The molecule has 1 aliphatic rings. The van der Waals surface area contributed by atoms with E-state index in [4.69, 9.17) is 10.5 Å². The molecule has 0 aromatic heterocycles. The first-order valence-electron chi connectivity index (χ1n) is 10.4. The van der Waals surface area contributed by atoms with E-state index in [0.29, 0.717) is 24.2 Å². The summed E-state index contributed by atoms with van der Waals surface area (Å²) in [4.78, 5) is 15.1. The number of benzene rings is 2. The van der Waals surface area contributed by atoms with Crippen LogP contribution < -0.4 is 15.8 Å². The lowest BCUT2D eigenvalue weighted by Gasteiger charge is -2.35. The zero-order valence-electron chi connectivity index (χ0n) is 18.5. The third-order valence-electron chi connectivity index (χ3n) is 5.45. The van der Waals surface area contributed by atoms with E-state index >= 15 is 0 Å². The van der Waals surface area contributed by atoms with Crippen LogP contribution in [0, 0.1) is 5.82 Å². The third-order valence-corrected chi connectivity index (χ3v) is 6.18. The van der Waals surface area contributed by atoms with E-state index in [1.165, 1.54) is 28.8 Å². The summed E-state index contributed by atoms with van der Waals surface area (Å²) in [6.07, 6.45) is -2.32. The van der Waals surface area contributed by atoms with Crippen LogP contribution in [-0.2, 0) is 0 Å². The molecular formula is C24H25F4N3O2S. The molecule has 10 heteroatoms. The largest absolute Gasteiger partial charge is 0.489 e. The highest BCUT2D eigenvalue weighted by molar-refractivity contribution is 7.98. The van der Waals surface area contributed by atoms with Gasteiger partial charge in [0, 0.05) is 42.1 Å². The fourth-order valence-electron chi connectivity index (χ4n) is 3.61. The predicted molar refractivity (Wildman–Crippen MR) is 126 cm³/mol. The molecule has 1 heterocycles. The second kappa shape index (κ2) is 10.4. The molecule has 182 valence electrons. The van der Waals surface area contributed by atoms with Crippen molar-refractivity contribution in [2.75, 3.05) is 24.7 Å². The number of nitrogens with zero attached hydrogens (tertiary/aromatic N) is 1. The number of anilines is 1. The Morgan fingerprint density at radius 1 is 1.15 bits per heavy atom. The van der Waals surface area contributed by atoms with Crippen LogP contribution in [0.4, 0.5) is 23.2 Å². The van der Waals surface area contributed by atoms with Crippen molar-refractivity contribution >= 4 is 29.1 Å². The molecule has 0 saturated carbocycles. The number of nitrogens with two attached hydrogens (primary N) is 1. The minimum atomic E-state index is -4.48. The van der Waals surface area contributed by atoms with Gasteiger partial charge >= 0.3 is 6.18 Å². The quantitative estimate of drug-likeness (QED) is 0.384. The third kappa shape index (κ3) is 6.05. The molecule has 1 saturated heterocycles. The second-order valence-corrected chi connectivity index (χ2v) is 8.66. The van der Waals surface area contributed by atoms with Crippen LogP contribution in [0.2, 0.25) is 0 Å². The molecule has 34 heavy (non-hydrogen) atoms. The fourth-order valence-corrected chi connectivity index (χ4v) is 4.04. The number of thioether (sulfide) groups is 1. The van der Waals surface area contributed by atoms with Gasteiger partial charge in [0.15, 0.2) is 0 Å². The first kappa shape index (κ1) is 25.5. The molecule has 0 spiro atoms. The second-order valence-electron chi connectivity index (χ2n) is 7.78. The van der Waals surface area contributed by atoms with E-state index in [2.05, 4.69) is 18.5 Å². The van der Waals surface area contributed by atoms with Gasteiger partial charge < -0.3 is 20.7 Å². The summed E-state index contributed by atoms with van der Waals surface area (Å²) in [7, 11) is 0. The van der Waals surface area contributed by atoms with Crippen molar-refractivity contribution in [3.63, 3.8) is 0 Å². The topological polar surface area (TPSA) is 67.6 Å².